The van der Waals surface area contributed by atoms with Crippen LogP contribution in [0.3, 0.4) is 0 Å². The number of nitrogen functional groups attached to an aromatic ring is 1. The molecule has 0 aliphatic rings. The van der Waals surface area contributed by atoms with E-state index in [1.165, 1.54) is 0 Å². The Morgan fingerprint density at radius 3 is 2.48 bits per heavy atom. The lowest BCUT2D eigenvalue weighted by atomic mass is 9.95. The van der Waals surface area contributed by atoms with E-state index in [4.69, 9.17) is 16.2 Å². The third-order valence-electron chi connectivity index (χ3n) is 5.17. The average molecular weight is 419 g/mol. The number of nitrogens with zero attached hydrogens (tertiary/aromatic N) is 1. The van der Waals surface area contributed by atoms with Crippen LogP contribution in [0, 0.1) is 0 Å². The number of rotatable bonds is 10. The van der Waals surface area contributed by atoms with Crippen LogP contribution >= 0.6 is 0 Å². The van der Waals surface area contributed by atoms with Crippen LogP contribution in [0.4, 0.5) is 11.5 Å². The Morgan fingerprint density at radius 2 is 1.81 bits per heavy atom. The molecule has 0 aliphatic carbocycles. The molecular formula is C25H30N4O2. The number of nitrogens with two attached hydrogens (primary N) is 2. The molecule has 5 N–H and O–H groups in total. The van der Waals surface area contributed by atoms with Crippen molar-refractivity contribution in [2.24, 2.45) is 5.73 Å². The fraction of sp³-hybridized carbons (Fsp3) is 0.280. The minimum absolute atomic E-state index is 0.226. The maximum Gasteiger partial charge on any atom is 0.255 e. The summed E-state index contributed by atoms with van der Waals surface area (Å²) in [5.41, 5.74) is 14.5. The molecule has 1 amide bonds. The van der Waals surface area contributed by atoms with Gasteiger partial charge >= 0.3 is 0 Å². The predicted molar refractivity (Wildman–Crippen MR) is 124 cm³/mol. The molecule has 1 atom stereocenters. The van der Waals surface area contributed by atoms with Gasteiger partial charge in [0.1, 0.15) is 11.5 Å². The molecule has 0 fully saturated rings. The lowest BCUT2D eigenvalue weighted by Gasteiger charge is -2.31. The van der Waals surface area contributed by atoms with Crippen molar-refractivity contribution >= 4 is 17.4 Å². The summed E-state index contributed by atoms with van der Waals surface area (Å²) in [4.78, 5) is 16.5. The third-order valence-corrected chi connectivity index (χ3v) is 5.17. The molecule has 1 unspecified atom stereocenters. The van der Waals surface area contributed by atoms with Crippen molar-refractivity contribution in [2.75, 3.05) is 11.1 Å². The lowest BCUT2D eigenvalue weighted by Crippen LogP contribution is -2.39. The topological polar surface area (TPSA) is 103 Å². The number of ether oxygens (including phenoxy) is 1. The Balaban J connectivity index is 1.73. The summed E-state index contributed by atoms with van der Waals surface area (Å²) in [6, 6.07) is 20.6. The van der Waals surface area contributed by atoms with Gasteiger partial charge in [-0.15, -0.1) is 0 Å². The van der Waals surface area contributed by atoms with Crippen LogP contribution in [0.2, 0.25) is 0 Å². The van der Waals surface area contributed by atoms with E-state index in [1.54, 1.807) is 30.5 Å². The van der Waals surface area contributed by atoms with Crippen LogP contribution in [0.15, 0.2) is 72.9 Å². The summed E-state index contributed by atoms with van der Waals surface area (Å²) in [6.07, 6.45) is 5.41. The van der Waals surface area contributed by atoms with Crippen LogP contribution in [0.5, 0.6) is 0 Å². The molecule has 2 aromatic carbocycles. The minimum Gasteiger partial charge on any atom is -0.384 e. The van der Waals surface area contributed by atoms with E-state index in [1.807, 2.05) is 42.5 Å². The van der Waals surface area contributed by atoms with Gasteiger partial charge in [0.15, 0.2) is 0 Å². The first-order chi connectivity index (χ1) is 15.0. The molecule has 0 spiro atoms. The minimum atomic E-state index is -0.917. The number of unbranched alkanes of at least 4 members (excludes halogenated alkanes) is 2. The molecule has 3 rings (SSSR count). The van der Waals surface area contributed by atoms with Gasteiger partial charge in [0, 0.05) is 23.5 Å². The van der Waals surface area contributed by atoms with Crippen LogP contribution in [-0.2, 0) is 17.1 Å². The van der Waals surface area contributed by atoms with Gasteiger partial charge < -0.3 is 15.8 Å². The zero-order chi connectivity index (χ0) is 22.1. The predicted octanol–water partition coefficient (Wildman–Crippen LogP) is 4.82. The number of hydrogen-bond acceptors (Lipinski definition) is 5. The molecule has 0 saturated heterocycles. The van der Waals surface area contributed by atoms with Gasteiger partial charge in [0.25, 0.3) is 5.91 Å². The largest absolute Gasteiger partial charge is 0.384 e. The van der Waals surface area contributed by atoms with Crippen LogP contribution in [-0.4, -0.2) is 10.9 Å². The molecule has 0 radical (unpaired) electrons. The highest BCUT2D eigenvalue weighted by Crippen LogP contribution is 2.28. The first-order valence-corrected chi connectivity index (χ1v) is 10.6. The molecule has 1 heterocycles. The first-order valence-electron chi connectivity index (χ1n) is 10.6. The van der Waals surface area contributed by atoms with E-state index in [0.29, 0.717) is 30.1 Å². The van der Waals surface area contributed by atoms with Gasteiger partial charge in [0.05, 0.1) is 6.61 Å². The van der Waals surface area contributed by atoms with Crippen molar-refractivity contribution in [2.45, 2.75) is 44.9 Å². The van der Waals surface area contributed by atoms with E-state index < -0.39 is 5.72 Å². The van der Waals surface area contributed by atoms with E-state index in [-0.39, 0.29) is 5.91 Å². The number of nitrogens with one attached hydrogen (secondary N) is 1. The molecule has 0 aliphatic heterocycles. The van der Waals surface area contributed by atoms with E-state index in [9.17, 15) is 4.79 Å². The average Bonchev–Trinajstić information content (AvgIpc) is 2.79. The number of pyridine rings is 1. The van der Waals surface area contributed by atoms with Gasteiger partial charge in [-0.25, -0.2) is 4.98 Å². The number of amides is 1. The molecule has 1 aromatic heterocycles. The van der Waals surface area contributed by atoms with Crippen LogP contribution in [0.25, 0.3) is 0 Å². The van der Waals surface area contributed by atoms with Crippen LogP contribution in [0.1, 0.15) is 54.1 Å². The summed E-state index contributed by atoms with van der Waals surface area (Å²) < 4.78 is 6.21. The second-order valence-electron chi connectivity index (χ2n) is 7.62. The maximum atomic E-state index is 12.6. The Labute approximate surface area is 183 Å². The van der Waals surface area contributed by atoms with Gasteiger partial charge in [-0.05, 0) is 42.2 Å². The number of carbonyl (C=O) groups excluding carboxylic acids is 1. The summed E-state index contributed by atoms with van der Waals surface area (Å²) in [5.74, 6) is 0.125. The number of aromatic nitrogens is 1. The smallest absolute Gasteiger partial charge is 0.255 e. The van der Waals surface area contributed by atoms with Gasteiger partial charge in [0.2, 0.25) is 0 Å². The molecular weight excluding hydrogens is 388 g/mol. The fourth-order valence-electron chi connectivity index (χ4n) is 3.36. The Hall–Kier alpha value is -3.22. The zero-order valence-corrected chi connectivity index (χ0v) is 17.9. The van der Waals surface area contributed by atoms with Crippen LogP contribution < -0.4 is 16.8 Å². The van der Waals surface area contributed by atoms with Crippen molar-refractivity contribution in [3.8, 4) is 0 Å². The molecule has 3 aromatic rings. The van der Waals surface area contributed by atoms with Crippen molar-refractivity contribution < 1.29 is 9.53 Å². The van der Waals surface area contributed by atoms with Crippen molar-refractivity contribution in [1.82, 2.24) is 4.98 Å². The number of benzene rings is 2. The normalized spacial score (nSPS) is 12.8. The summed E-state index contributed by atoms with van der Waals surface area (Å²) in [7, 11) is 0. The molecule has 6 nitrogen and oxygen atoms in total. The van der Waals surface area contributed by atoms with E-state index in [2.05, 4.69) is 17.2 Å². The maximum absolute atomic E-state index is 12.6. The monoisotopic (exact) mass is 418 g/mol. The molecule has 6 heteroatoms. The van der Waals surface area contributed by atoms with E-state index in [0.717, 1.165) is 30.4 Å². The summed E-state index contributed by atoms with van der Waals surface area (Å²) >= 11 is 0. The quantitative estimate of drug-likeness (QED) is 0.323. The Bertz CT molecular complexity index is 976. The third kappa shape index (κ3) is 6.38. The van der Waals surface area contributed by atoms with Gasteiger partial charge in [-0.1, -0.05) is 62.2 Å². The van der Waals surface area contributed by atoms with Gasteiger partial charge in [-0.3, -0.25) is 10.5 Å². The van der Waals surface area contributed by atoms with E-state index >= 15 is 0 Å². The SMILES string of the molecule is CCCCCC(N)(OCc1ccccc1)c1ccc(C(=O)Nc2ccnc(N)c2)cc1. The molecule has 31 heavy (non-hydrogen) atoms. The highest BCUT2D eigenvalue weighted by molar-refractivity contribution is 6.04. The lowest BCUT2D eigenvalue weighted by molar-refractivity contribution is -0.0656. The van der Waals surface area contributed by atoms with Crippen molar-refractivity contribution in [3.05, 3.63) is 89.6 Å². The summed E-state index contributed by atoms with van der Waals surface area (Å²) in [5, 5.41) is 2.82. The number of carbonyl (C=O) groups is 1. The molecule has 162 valence electrons. The highest BCUT2D eigenvalue weighted by Gasteiger charge is 2.28. The standard InChI is InChI=1S/C25H30N4O2/c1-2-3-7-15-25(27,31-18-19-8-5-4-6-9-19)21-12-10-20(11-13-21)24(30)29-22-14-16-28-23(26)17-22/h4-6,8-14,16-17H,2-3,7,15,18,27H2,1H3,(H3,26,28,29,30). The number of hydrogen-bond donors (Lipinski definition) is 3. The fourth-order valence-corrected chi connectivity index (χ4v) is 3.36. The zero-order valence-electron chi connectivity index (χ0n) is 17.9. The summed E-state index contributed by atoms with van der Waals surface area (Å²) in [6.45, 7) is 2.59. The second kappa shape index (κ2) is 10.7. The molecule has 0 saturated carbocycles. The van der Waals surface area contributed by atoms with Gasteiger partial charge in [-0.2, -0.15) is 0 Å². The molecule has 0 bridgehead atoms. The Morgan fingerprint density at radius 1 is 1.06 bits per heavy atom. The van der Waals surface area contributed by atoms with Crippen molar-refractivity contribution in [1.29, 1.82) is 0 Å². The highest BCUT2D eigenvalue weighted by atomic mass is 16.5. The Kier molecular flexibility index (Phi) is 7.76. The van der Waals surface area contributed by atoms with Crippen molar-refractivity contribution in [3.63, 3.8) is 0 Å². The second-order valence-corrected chi connectivity index (χ2v) is 7.62. The number of anilines is 2. The first kappa shape index (κ1) is 22.5.